The van der Waals surface area contributed by atoms with Gasteiger partial charge in [0.25, 0.3) is 5.91 Å². The van der Waals surface area contributed by atoms with Crippen LogP contribution >= 0.6 is 0 Å². The summed E-state index contributed by atoms with van der Waals surface area (Å²) in [5, 5.41) is 7.69. The van der Waals surface area contributed by atoms with Gasteiger partial charge in [0, 0.05) is 31.9 Å². The number of nitrogens with one attached hydrogen (secondary N) is 1. The molecule has 0 radical (unpaired) electrons. The van der Waals surface area contributed by atoms with Gasteiger partial charge in [-0.15, -0.1) is 0 Å². The van der Waals surface area contributed by atoms with E-state index < -0.39 is 23.3 Å². The van der Waals surface area contributed by atoms with Gasteiger partial charge >= 0.3 is 12.1 Å². The fourth-order valence-corrected chi connectivity index (χ4v) is 4.91. The molecule has 36 heavy (non-hydrogen) atoms. The Kier molecular flexibility index (Phi) is 7.58. The predicted octanol–water partition coefficient (Wildman–Crippen LogP) is 3.80. The minimum Gasteiger partial charge on any atom is -0.497 e. The number of nitrogens with zero attached hydrogens (tertiary/aromatic N) is 2. The van der Waals surface area contributed by atoms with Crippen molar-refractivity contribution in [2.45, 2.75) is 51.7 Å². The first-order valence-corrected chi connectivity index (χ1v) is 12.0. The number of fused-ring (bicyclic) bond motifs is 1. The number of esters is 1. The molecule has 196 valence electrons. The summed E-state index contributed by atoms with van der Waals surface area (Å²) in [4.78, 5) is 25.4. The Labute approximate surface area is 207 Å². The average molecular weight is 510 g/mol. The van der Waals surface area contributed by atoms with Crippen LogP contribution in [0.15, 0.2) is 18.2 Å². The van der Waals surface area contributed by atoms with Crippen LogP contribution < -0.4 is 10.1 Å². The Balaban J connectivity index is 1.47. The number of aryl methyl sites for hydroxylation is 2. The number of amides is 1. The molecule has 0 aliphatic carbocycles. The van der Waals surface area contributed by atoms with E-state index in [2.05, 4.69) is 10.4 Å². The van der Waals surface area contributed by atoms with Gasteiger partial charge in [0.15, 0.2) is 0 Å². The third-order valence-corrected chi connectivity index (χ3v) is 6.92. The summed E-state index contributed by atoms with van der Waals surface area (Å²) in [5.74, 6) is -1.10. The molecule has 11 heteroatoms. The van der Waals surface area contributed by atoms with Crippen LogP contribution in [0.25, 0.3) is 0 Å². The normalized spacial score (nSPS) is 17.3. The van der Waals surface area contributed by atoms with E-state index in [1.165, 1.54) is 7.11 Å². The Morgan fingerprint density at radius 2 is 2.03 bits per heavy atom. The van der Waals surface area contributed by atoms with Crippen molar-refractivity contribution >= 4 is 11.9 Å². The van der Waals surface area contributed by atoms with E-state index >= 15 is 0 Å². The van der Waals surface area contributed by atoms with Crippen LogP contribution in [0.2, 0.25) is 0 Å². The minimum atomic E-state index is -4.70. The SMILES string of the molecule is CCn1nc(CCCOC(=O)c2cc(OC)ccc2C(F)(F)F)c2c1C(=O)NCC1(CCOCC1)C2. The number of aromatic nitrogens is 2. The van der Waals surface area contributed by atoms with Crippen LogP contribution in [-0.4, -0.2) is 55.1 Å². The molecule has 1 spiro atoms. The molecule has 2 aromatic rings. The van der Waals surface area contributed by atoms with Crippen molar-refractivity contribution in [2.24, 2.45) is 5.41 Å². The average Bonchev–Trinajstić information content (AvgIpc) is 3.14. The Morgan fingerprint density at radius 3 is 2.69 bits per heavy atom. The van der Waals surface area contributed by atoms with Crippen molar-refractivity contribution in [1.82, 2.24) is 15.1 Å². The molecular weight excluding hydrogens is 479 g/mol. The zero-order valence-corrected chi connectivity index (χ0v) is 20.4. The summed E-state index contributed by atoms with van der Waals surface area (Å²) in [7, 11) is 1.31. The predicted molar refractivity (Wildman–Crippen MR) is 123 cm³/mol. The molecule has 0 bridgehead atoms. The monoisotopic (exact) mass is 509 g/mol. The van der Waals surface area contributed by atoms with E-state index in [-0.39, 0.29) is 23.7 Å². The first-order chi connectivity index (χ1) is 17.2. The number of alkyl halides is 3. The van der Waals surface area contributed by atoms with Crippen LogP contribution in [-0.2, 0) is 35.0 Å². The van der Waals surface area contributed by atoms with Gasteiger partial charge in [0.05, 0.1) is 30.5 Å². The van der Waals surface area contributed by atoms with E-state index in [0.717, 1.165) is 42.3 Å². The van der Waals surface area contributed by atoms with Crippen molar-refractivity contribution in [3.05, 3.63) is 46.3 Å². The van der Waals surface area contributed by atoms with E-state index in [0.29, 0.717) is 51.3 Å². The van der Waals surface area contributed by atoms with Gasteiger partial charge in [-0.05, 0) is 62.6 Å². The van der Waals surface area contributed by atoms with Gasteiger partial charge < -0.3 is 19.5 Å². The van der Waals surface area contributed by atoms with Crippen LogP contribution in [0, 0.1) is 5.41 Å². The number of rotatable bonds is 7. The van der Waals surface area contributed by atoms with Gasteiger partial charge in [0.2, 0.25) is 0 Å². The third-order valence-electron chi connectivity index (χ3n) is 6.92. The third kappa shape index (κ3) is 5.35. The highest BCUT2D eigenvalue weighted by atomic mass is 19.4. The summed E-state index contributed by atoms with van der Waals surface area (Å²) in [6.45, 7) is 4.20. The van der Waals surface area contributed by atoms with Crippen LogP contribution in [0.1, 0.15) is 63.9 Å². The summed E-state index contributed by atoms with van der Waals surface area (Å²) in [5.41, 5.74) is 0.439. The molecule has 2 aliphatic rings. The van der Waals surface area contributed by atoms with Crippen molar-refractivity contribution in [3.8, 4) is 5.75 Å². The molecule has 1 N–H and O–H groups in total. The van der Waals surface area contributed by atoms with Gasteiger partial charge in [-0.2, -0.15) is 18.3 Å². The van der Waals surface area contributed by atoms with Gasteiger partial charge in [-0.1, -0.05) is 0 Å². The van der Waals surface area contributed by atoms with Crippen LogP contribution in [0.5, 0.6) is 5.75 Å². The maximum absolute atomic E-state index is 13.4. The zero-order chi connectivity index (χ0) is 25.9. The number of hydrogen-bond acceptors (Lipinski definition) is 6. The second kappa shape index (κ2) is 10.5. The highest BCUT2D eigenvalue weighted by Gasteiger charge is 2.40. The molecule has 2 aliphatic heterocycles. The standard InChI is InChI=1S/C25H30F3N3O5/c1-3-31-21-18(14-24(15-29-22(21)32)8-11-35-12-9-24)20(30-31)5-4-10-36-23(33)17-13-16(34-2)6-7-19(17)25(26,27)28/h6-7,13H,3-5,8-12,14-15H2,1-2H3,(H,29,32). The van der Waals surface area contributed by atoms with Crippen molar-refractivity contribution < 1.29 is 37.0 Å². The van der Waals surface area contributed by atoms with Crippen molar-refractivity contribution in [2.75, 3.05) is 33.5 Å². The highest BCUT2D eigenvalue weighted by Crippen LogP contribution is 2.38. The topological polar surface area (TPSA) is 91.7 Å². The molecule has 1 aromatic carbocycles. The summed E-state index contributed by atoms with van der Waals surface area (Å²) < 4.78 is 57.5. The number of carbonyl (C=O) groups excluding carboxylic acids is 2. The summed E-state index contributed by atoms with van der Waals surface area (Å²) in [6, 6.07) is 2.98. The fourth-order valence-electron chi connectivity index (χ4n) is 4.91. The molecule has 0 atom stereocenters. The first-order valence-electron chi connectivity index (χ1n) is 12.0. The molecule has 0 unspecified atom stereocenters. The lowest BCUT2D eigenvalue weighted by Gasteiger charge is -2.36. The number of benzene rings is 1. The molecule has 8 nitrogen and oxygen atoms in total. The number of ether oxygens (including phenoxy) is 3. The molecule has 3 heterocycles. The van der Waals surface area contributed by atoms with Gasteiger partial charge in [-0.25, -0.2) is 4.79 Å². The molecular formula is C25H30F3N3O5. The number of carbonyl (C=O) groups is 2. The van der Waals surface area contributed by atoms with E-state index in [1.807, 2.05) is 6.92 Å². The summed E-state index contributed by atoms with van der Waals surface area (Å²) >= 11 is 0. The number of hydrogen-bond donors (Lipinski definition) is 1. The molecule has 1 fully saturated rings. The number of methoxy groups -OCH3 is 1. The van der Waals surface area contributed by atoms with Crippen LogP contribution in [0.4, 0.5) is 13.2 Å². The smallest absolute Gasteiger partial charge is 0.417 e. The Bertz CT molecular complexity index is 1120. The van der Waals surface area contributed by atoms with Gasteiger partial charge in [0.1, 0.15) is 11.4 Å². The van der Waals surface area contributed by atoms with Crippen molar-refractivity contribution in [1.29, 1.82) is 0 Å². The lowest BCUT2D eigenvalue weighted by atomic mass is 9.75. The lowest BCUT2D eigenvalue weighted by molar-refractivity contribution is -0.138. The molecule has 4 rings (SSSR count). The van der Waals surface area contributed by atoms with Gasteiger partial charge in [-0.3, -0.25) is 9.48 Å². The molecule has 1 saturated heterocycles. The largest absolute Gasteiger partial charge is 0.497 e. The summed E-state index contributed by atoms with van der Waals surface area (Å²) in [6.07, 6.45) is -1.56. The quantitative estimate of drug-likeness (QED) is 0.451. The fraction of sp³-hybridized carbons (Fsp3) is 0.560. The lowest BCUT2D eigenvalue weighted by Crippen LogP contribution is -2.40. The maximum atomic E-state index is 13.4. The second-order valence-corrected chi connectivity index (χ2v) is 9.21. The second-order valence-electron chi connectivity index (χ2n) is 9.21. The van der Waals surface area contributed by atoms with Crippen LogP contribution in [0.3, 0.4) is 0 Å². The highest BCUT2D eigenvalue weighted by molar-refractivity contribution is 5.95. The molecule has 1 aromatic heterocycles. The molecule has 1 amide bonds. The Hall–Kier alpha value is -3.08. The van der Waals surface area contributed by atoms with E-state index in [1.54, 1.807) is 4.68 Å². The van der Waals surface area contributed by atoms with E-state index in [9.17, 15) is 22.8 Å². The Morgan fingerprint density at radius 1 is 1.28 bits per heavy atom. The van der Waals surface area contributed by atoms with Crippen molar-refractivity contribution in [3.63, 3.8) is 0 Å². The molecule has 0 saturated carbocycles. The first kappa shape index (κ1) is 26.0. The van der Waals surface area contributed by atoms with E-state index in [4.69, 9.17) is 14.2 Å². The maximum Gasteiger partial charge on any atom is 0.417 e. The number of halogens is 3. The minimum absolute atomic E-state index is 0.0910. The zero-order valence-electron chi connectivity index (χ0n) is 20.4.